The average molecular weight is 356 g/mol. The number of rotatable bonds is 1. The topological polar surface area (TPSA) is 80.3 Å². The molecule has 0 unspecified atom stereocenters. The van der Waals surface area contributed by atoms with Gasteiger partial charge < -0.3 is 15.4 Å². The van der Waals surface area contributed by atoms with E-state index in [2.05, 4.69) is 31.5 Å². The van der Waals surface area contributed by atoms with E-state index in [9.17, 15) is 9.59 Å². The molecule has 0 radical (unpaired) electrons. The molecule has 0 aliphatic carbocycles. The lowest BCUT2D eigenvalue weighted by Gasteiger charge is -2.22. The van der Waals surface area contributed by atoms with Crippen molar-refractivity contribution in [3.8, 4) is 0 Å². The van der Waals surface area contributed by atoms with Gasteiger partial charge in [0.05, 0.1) is 0 Å². The number of carbonyl (C=O) groups is 2. The first kappa shape index (κ1) is 15.8. The Balaban J connectivity index is 2.05. The van der Waals surface area contributed by atoms with Gasteiger partial charge in [0.1, 0.15) is 17.5 Å². The summed E-state index contributed by atoms with van der Waals surface area (Å²) in [5, 5.41) is 5.33. The van der Waals surface area contributed by atoms with Gasteiger partial charge >= 0.3 is 6.09 Å². The maximum atomic E-state index is 12.1. The quantitative estimate of drug-likeness (QED) is 0.811. The molecule has 0 spiro atoms. The van der Waals surface area contributed by atoms with E-state index in [1.54, 1.807) is 27.0 Å². The normalized spacial score (nSPS) is 18.3. The van der Waals surface area contributed by atoms with E-state index in [4.69, 9.17) is 4.74 Å². The molecule has 2 amide bonds. The Morgan fingerprint density at radius 1 is 1.52 bits per heavy atom. The van der Waals surface area contributed by atoms with E-state index in [1.165, 1.54) is 0 Å². The van der Waals surface area contributed by atoms with E-state index >= 15 is 0 Å². The Labute approximate surface area is 131 Å². The molecule has 0 bridgehead atoms. The molecule has 114 valence electrons. The summed E-state index contributed by atoms with van der Waals surface area (Å²) in [5.41, 5.74) is 0.340. The van der Waals surface area contributed by atoms with E-state index < -0.39 is 17.7 Å². The van der Waals surface area contributed by atoms with Crippen molar-refractivity contribution in [3.63, 3.8) is 0 Å². The summed E-state index contributed by atoms with van der Waals surface area (Å²) in [4.78, 5) is 28.1. The molecule has 1 atom stereocenters. The first-order valence-electron chi connectivity index (χ1n) is 6.69. The molecule has 7 heteroatoms. The Morgan fingerprint density at radius 2 is 2.24 bits per heavy atom. The van der Waals surface area contributed by atoms with E-state index in [-0.39, 0.29) is 5.91 Å². The highest BCUT2D eigenvalue weighted by Gasteiger charge is 2.27. The monoisotopic (exact) mass is 355 g/mol. The van der Waals surface area contributed by atoms with Gasteiger partial charge in [-0.1, -0.05) is 0 Å². The number of amides is 2. The van der Waals surface area contributed by atoms with Crippen LogP contribution in [-0.2, 0) is 16.0 Å². The Bertz CT molecular complexity index is 569. The number of hydrogen-bond donors (Lipinski definition) is 2. The lowest BCUT2D eigenvalue weighted by atomic mass is 10.1. The largest absolute Gasteiger partial charge is 0.444 e. The zero-order valence-corrected chi connectivity index (χ0v) is 13.8. The fourth-order valence-electron chi connectivity index (χ4n) is 2.01. The molecule has 0 fully saturated rings. The molecule has 0 aromatic carbocycles. The second kappa shape index (κ2) is 6.01. The van der Waals surface area contributed by atoms with E-state index in [0.29, 0.717) is 18.7 Å². The third-order valence-electron chi connectivity index (χ3n) is 2.88. The number of nitrogens with one attached hydrogen (secondary N) is 2. The number of hydrogen-bond acceptors (Lipinski definition) is 4. The van der Waals surface area contributed by atoms with Crippen molar-refractivity contribution in [3.05, 3.63) is 22.3 Å². The fraction of sp³-hybridized carbons (Fsp3) is 0.500. The number of halogens is 1. The minimum Gasteiger partial charge on any atom is -0.444 e. The van der Waals surface area contributed by atoms with Gasteiger partial charge in [0.2, 0.25) is 5.91 Å². The number of pyridine rings is 1. The maximum absolute atomic E-state index is 12.1. The van der Waals surface area contributed by atoms with Crippen LogP contribution in [0.1, 0.15) is 32.8 Å². The zero-order valence-electron chi connectivity index (χ0n) is 12.2. The van der Waals surface area contributed by atoms with Crippen molar-refractivity contribution in [2.45, 2.75) is 45.3 Å². The summed E-state index contributed by atoms with van der Waals surface area (Å²) in [6.07, 6.45) is 2.17. The van der Waals surface area contributed by atoms with Crippen LogP contribution in [0, 0.1) is 0 Å². The molecule has 2 heterocycles. The number of carbonyl (C=O) groups excluding carboxylic acids is 2. The van der Waals surface area contributed by atoms with Gasteiger partial charge in [-0.05, 0) is 61.2 Å². The predicted octanol–water partition coefficient (Wildman–Crippen LogP) is 2.62. The minimum atomic E-state index is -0.632. The average Bonchev–Trinajstić information content (AvgIpc) is 2.48. The van der Waals surface area contributed by atoms with Crippen molar-refractivity contribution in [2.75, 3.05) is 5.32 Å². The number of aromatic nitrogens is 1. The molecule has 1 aromatic heterocycles. The number of anilines is 1. The summed E-state index contributed by atoms with van der Waals surface area (Å²) < 4.78 is 6.03. The van der Waals surface area contributed by atoms with Crippen LogP contribution in [0.4, 0.5) is 10.6 Å². The lowest BCUT2D eigenvalue weighted by molar-refractivity contribution is -0.118. The molecule has 2 rings (SSSR count). The molecule has 1 aliphatic rings. The number of nitrogens with zero attached hydrogens (tertiary/aromatic N) is 1. The minimum absolute atomic E-state index is 0.283. The Kier molecular flexibility index (Phi) is 4.51. The second-order valence-electron chi connectivity index (χ2n) is 5.89. The molecule has 6 nitrogen and oxygen atoms in total. The highest BCUT2D eigenvalue weighted by Crippen LogP contribution is 2.23. The highest BCUT2D eigenvalue weighted by atomic mass is 79.9. The molecule has 0 saturated heterocycles. The van der Waals surface area contributed by atoms with Gasteiger partial charge in [-0.15, -0.1) is 0 Å². The summed E-state index contributed by atoms with van der Waals surface area (Å²) in [6, 6.07) is 1.28. The molecular weight excluding hydrogens is 338 g/mol. The lowest BCUT2D eigenvalue weighted by Crippen LogP contribution is -2.45. The van der Waals surface area contributed by atoms with E-state index in [1.807, 2.05) is 6.07 Å². The van der Waals surface area contributed by atoms with Crippen LogP contribution >= 0.6 is 15.9 Å². The molecular formula is C14H18BrN3O3. The van der Waals surface area contributed by atoms with Crippen LogP contribution in [0.15, 0.2) is 16.7 Å². The van der Waals surface area contributed by atoms with Gasteiger partial charge in [-0.25, -0.2) is 9.78 Å². The van der Waals surface area contributed by atoms with Gasteiger partial charge in [-0.2, -0.15) is 0 Å². The fourth-order valence-corrected chi connectivity index (χ4v) is 2.39. The van der Waals surface area contributed by atoms with Crippen molar-refractivity contribution >= 4 is 33.7 Å². The molecule has 21 heavy (non-hydrogen) atoms. The molecule has 1 aliphatic heterocycles. The van der Waals surface area contributed by atoms with Gasteiger partial charge in [0.25, 0.3) is 0 Å². The van der Waals surface area contributed by atoms with Crippen molar-refractivity contribution in [1.82, 2.24) is 10.3 Å². The predicted molar refractivity (Wildman–Crippen MR) is 82.0 cm³/mol. The van der Waals surface area contributed by atoms with Crippen LogP contribution in [-0.4, -0.2) is 28.6 Å². The number of ether oxygens (including phenoxy) is 1. The summed E-state index contributed by atoms with van der Waals surface area (Å²) in [7, 11) is 0. The van der Waals surface area contributed by atoms with Gasteiger partial charge in [-0.3, -0.25) is 4.79 Å². The summed E-state index contributed by atoms with van der Waals surface area (Å²) in [5.74, 6) is 0.256. The summed E-state index contributed by atoms with van der Waals surface area (Å²) in [6.45, 7) is 5.32. The Hall–Kier alpha value is -1.63. The third-order valence-corrected chi connectivity index (χ3v) is 3.32. The van der Waals surface area contributed by atoms with Gasteiger partial charge in [0.15, 0.2) is 0 Å². The standard InChI is InChI=1S/C14H18BrN3O3/c1-14(2,3)21-13(20)17-10-5-4-8-6-9(15)7-16-11(8)18-12(10)19/h6-7,10H,4-5H2,1-3H3,(H,17,20)(H,16,18,19)/t10-/m0/s1. The van der Waals surface area contributed by atoms with Crippen molar-refractivity contribution in [2.24, 2.45) is 0 Å². The van der Waals surface area contributed by atoms with Crippen LogP contribution in [0.25, 0.3) is 0 Å². The van der Waals surface area contributed by atoms with Crippen molar-refractivity contribution < 1.29 is 14.3 Å². The SMILES string of the molecule is CC(C)(C)OC(=O)N[C@H]1CCc2cc(Br)cnc2NC1=O. The number of alkyl carbamates (subject to hydrolysis) is 1. The van der Waals surface area contributed by atoms with Crippen LogP contribution in [0.5, 0.6) is 0 Å². The zero-order chi connectivity index (χ0) is 15.6. The summed E-state index contributed by atoms with van der Waals surface area (Å²) >= 11 is 3.35. The highest BCUT2D eigenvalue weighted by molar-refractivity contribution is 9.10. The maximum Gasteiger partial charge on any atom is 0.408 e. The third kappa shape index (κ3) is 4.42. The van der Waals surface area contributed by atoms with Crippen LogP contribution in [0.3, 0.4) is 0 Å². The number of fused-ring (bicyclic) bond motifs is 1. The molecule has 0 saturated carbocycles. The first-order valence-corrected chi connectivity index (χ1v) is 7.49. The van der Waals surface area contributed by atoms with Crippen LogP contribution < -0.4 is 10.6 Å². The molecule has 2 N–H and O–H groups in total. The van der Waals surface area contributed by atoms with Crippen LogP contribution in [0.2, 0.25) is 0 Å². The smallest absolute Gasteiger partial charge is 0.408 e. The van der Waals surface area contributed by atoms with Gasteiger partial charge in [0, 0.05) is 10.7 Å². The second-order valence-corrected chi connectivity index (χ2v) is 6.80. The first-order chi connectivity index (χ1) is 9.74. The van der Waals surface area contributed by atoms with E-state index in [0.717, 1.165) is 10.0 Å². The molecule has 1 aromatic rings. The Morgan fingerprint density at radius 3 is 2.90 bits per heavy atom. The number of aryl methyl sites for hydroxylation is 1. The van der Waals surface area contributed by atoms with Crippen molar-refractivity contribution in [1.29, 1.82) is 0 Å².